The van der Waals surface area contributed by atoms with Crippen LogP contribution in [0.1, 0.15) is 33.6 Å². The summed E-state index contributed by atoms with van der Waals surface area (Å²) in [6, 6.07) is 7.93. The van der Waals surface area contributed by atoms with Gasteiger partial charge in [-0.3, -0.25) is 9.59 Å². The van der Waals surface area contributed by atoms with Crippen LogP contribution in [0.3, 0.4) is 0 Å². The predicted molar refractivity (Wildman–Crippen MR) is 97.4 cm³/mol. The number of esters is 1. The Hall–Kier alpha value is -1.40. The van der Waals surface area contributed by atoms with Gasteiger partial charge in [-0.2, -0.15) is 0 Å². The van der Waals surface area contributed by atoms with E-state index in [1.165, 1.54) is 11.8 Å². The maximum absolute atomic E-state index is 12.8. The minimum absolute atomic E-state index is 0.0248. The smallest absolute Gasteiger partial charge is 0.307 e. The molecule has 3 rings (SSSR count). The minimum Gasteiger partial charge on any atom is -0.451 e. The molecule has 1 aliphatic rings. The average molecular weight is 364 g/mol. The van der Waals surface area contributed by atoms with Crippen molar-refractivity contribution in [3.05, 3.63) is 24.3 Å². The van der Waals surface area contributed by atoms with Crippen LogP contribution in [0, 0.1) is 11.8 Å². The fourth-order valence-corrected chi connectivity index (χ4v) is 5.19. The highest BCUT2D eigenvalue weighted by molar-refractivity contribution is 8.01. The molecule has 0 aliphatic carbocycles. The van der Waals surface area contributed by atoms with Gasteiger partial charge < -0.3 is 4.74 Å². The van der Waals surface area contributed by atoms with Crippen molar-refractivity contribution < 1.29 is 14.3 Å². The topological polar surface area (TPSA) is 56.3 Å². The number of fused-ring (bicyclic) bond motifs is 1. The van der Waals surface area contributed by atoms with Gasteiger partial charge >= 0.3 is 5.97 Å². The molecule has 0 N–H and O–H groups in total. The van der Waals surface area contributed by atoms with Gasteiger partial charge in [-0.05, 0) is 31.4 Å². The fourth-order valence-electron chi connectivity index (χ4n) is 3.10. The van der Waals surface area contributed by atoms with E-state index in [-0.39, 0.29) is 23.4 Å². The van der Waals surface area contributed by atoms with E-state index in [0.717, 1.165) is 21.0 Å². The third-order valence-corrected chi connectivity index (χ3v) is 6.61. The molecule has 2 aromatic rings. The molecule has 0 amide bonds. The Labute approximate surface area is 150 Å². The zero-order valence-electron chi connectivity index (χ0n) is 14.1. The van der Waals surface area contributed by atoms with Crippen LogP contribution in [0.15, 0.2) is 28.6 Å². The summed E-state index contributed by atoms with van der Waals surface area (Å²) >= 11 is 3.01. The van der Waals surface area contributed by atoms with Crippen LogP contribution in [0.5, 0.6) is 0 Å². The molecular formula is C18H21NO3S2. The molecule has 1 aromatic heterocycles. The Morgan fingerprint density at radius 2 is 2.21 bits per heavy atom. The molecular weight excluding hydrogens is 342 g/mol. The van der Waals surface area contributed by atoms with Gasteiger partial charge in [-0.1, -0.05) is 37.7 Å². The summed E-state index contributed by atoms with van der Waals surface area (Å²) in [7, 11) is 0. The summed E-state index contributed by atoms with van der Waals surface area (Å²) in [4.78, 5) is 29.1. The molecule has 1 aliphatic heterocycles. The third-order valence-electron chi connectivity index (χ3n) is 4.43. The quantitative estimate of drug-likeness (QED) is 0.565. The molecule has 4 nitrogen and oxygen atoms in total. The molecule has 0 radical (unpaired) electrons. The molecule has 6 heteroatoms. The number of rotatable bonds is 6. The lowest BCUT2D eigenvalue weighted by molar-refractivity contribution is -0.156. The average Bonchev–Trinajstić information content (AvgIpc) is 3.05. The Morgan fingerprint density at radius 1 is 1.46 bits per heavy atom. The van der Waals surface area contributed by atoms with Crippen molar-refractivity contribution >= 4 is 45.1 Å². The highest BCUT2D eigenvalue weighted by Crippen LogP contribution is 2.39. The van der Waals surface area contributed by atoms with Crippen LogP contribution in [-0.4, -0.2) is 28.1 Å². The largest absolute Gasteiger partial charge is 0.451 e. The molecule has 2 heterocycles. The zero-order chi connectivity index (χ0) is 17.3. The van der Waals surface area contributed by atoms with Gasteiger partial charge in [0.15, 0.2) is 15.7 Å². The highest BCUT2D eigenvalue weighted by Gasteiger charge is 2.50. The number of carbonyl (C=O) groups is 2. The normalized spacial score (nSPS) is 23.8. The molecule has 0 saturated carbocycles. The second kappa shape index (κ2) is 6.84. The summed E-state index contributed by atoms with van der Waals surface area (Å²) in [5.41, 5.74) is -0.0426. The molecule has 1 aromatic carbocycles. The van der Waals surface area contributed by atoms with Crippen molar-refractivity contribution in [2.75, 3.05) is 5.75 Å². The van der Waals surface area contributed by atoms with Crippen LogP contribution in [0.25, 0.3) is 10.2 Å². The number of nitrogens with zero attached hydrogens (tertiary/aromatic N) is 1. The SMILES string of the molecule is CC(C)C[C@H]1CC(=O)O[C@]1(C)C(=O)CSc1nc2ccccc2s1. The van der Waals surface area contributed by atoms with Crippen molar-refractivity contribution in [1.82, 2.24) is 4.98 Å². The van der Waals surface area contributed by atoms with Crippen molar-refractivity contribution in [2.45, 2.75) is 43.6 Å². The van der Waals surface area contributed by atoms with Gasteiger partial charge in [0.25, 0.3) is 0 Å². The van der Waals surface area contributed by atoms with E-state index in [2.05, 4.69) is 18.8 Å². The summed E-state index contributed by atoms with van der Waals surface area (Å²) in [6.07, 6.45) is 1.16. The lowest BCUT2D eigenvalue weighted by Gasteiger charge is -2.28. The summed E-state index contributed by atoms with van der Waals surface area (Å²) in [6.45, 7) is 5.97. The van der Waals surface area contributed by atoms with Crippen LogP contribution in [-0.2, 0) is 14.3 Å². The maximum Gasteiger partial charge on any atom is 0.307 e. The fraction of sp³-hybridized carbons (Fsp3) is 0.500. The van der Waals surface area contributed by atoms with Crippen LogP contribution in [0.4, 0.5) is 0 Å². The van der Waals surface area contributed by atoms with Gasteiger partial charge in [0.05, 0.1) is 22.4 Å². The Bertz CT molecular complexity index is 737. The van der Waals surface area contributed by atoms with E-state index in [9.17, 15) is 9.59 Å². The van der Waals surface area contributed by atoms with E-state index in [4.69, 9.17) is 4.74 Å². The predicted octanol–water partition coefficient (Wildman–Crippen LogP) is 4.33. The minimum atomic E-state index is -0.995. The number of hydrogen-bond acceptors (Lipinski definition) is 6. The first-order chi connectivity index (χ1) is 11.4. The van der Waals surface area contributed by atoms with Crippen molar-refractivity contribution in [2.24, 2.45) is 11.8 Å². The number of ether oxygens (including phenoxy) is 1. The van der Waals surface area contributed by atoms with Crippen LogP contribution in [0.2, 0.25) is 0 Å². The van der Waals surface area contributed by atoms with Crippen LogP contribution >= 0.6 is 23.1 Å². The first kappa shape index (κ1) is 17.4. The zero-order valence-corrected chi connectivity index (χ0v) is 15.7. The first-order valence-corrected chi connectivity index (χ1v) is 9.92. The number of ketones is 1. The highest BCUT2D eigenvalue weighted by atomic mass is 32.2. The number of thioether (sulfide) groups is 1. The maximum atomic E-state index is 12.8. The second-order valence-corrected chi connectivity index (χ2v) is 9.02. The van der Waals surface area contributed by atoms with Crippen LogP contribution < -0.4 is 0 Å². The molecule has 0 unspecified atom stereocenters. The van der Waals surface area contributed by atoms with Gasteiger partial charge in [0.2, 0.25) is 0 Å². The summed E-state index contributed by atoms with van der Waals surface area (Å²) in [5, 5.41) is 0. The van der Waals surface area contributed by atoms with Gasteiger partial charge in [0, 0.05) is 5.92 Å². The Kier molecular flexibility index (Phi) is 4.97. The number of cyclic esters (lactones) is 1. The number of para-hydroxylation sites is 1. The lowest BCUT2D eigenvalue weighted by Crippen LogP contribution is -2.42. The number of hydrogen-bond donors (Lipinski definition) is 0. The first-order valence-electron chi connectivity index (χ1n) is 8.12. The molecule has 2 atom stereocenters. The molecule has 128 valence electrons. The lowest BCUT2D eigenvalue weighted by atomic mass is 9.80. The van der Waals surface area contributed by atoms with E-state index in [0.29, 0.717) is 12.3 Å². The summed E-state index contributed by atoms with van der Waals surface area (Å²) < 4.78 is 7.44. The molecule has 24 heavy (non-hydrogen) atoms. The van der Waals surface area contributed by atoms with Crippen molar-refractivity contribution in [3.8, 4) is 0 Å². The Balaban J connectivity index is 1.69. The van der Waals surface area contributed by atoms with E-state index in [1.54, 1.807) is 18.3 Å². The molecule has 1 fully saturated rings. The molecule has 0 bridgehead atoms. The van der Waals surface area contributed by atoms with Crippen molar-refractivity contribution in [1.29, 1.82) is 0 Å². The van der Waals surface area contributed by atoms with Crippen molar-refractivity contribution in [3.63, 3.8) is 0 Å². The number of Topliss-reactive ketones (excluding diaryl/α,β-unsaturated/α-hetero) is 1. The van der Waals surface area contributed by atoms with Gasteiger partial charge in [-0.15, -0.1) is 11.3 Å². The number of carbonyl (C=O) groups excluding carboxylic acids is 2. The third kappa shape index (κ3) is 3.49. The van der Waals surface area contributed by atoms with E-state index in [1.807, 2.05) is 24.3 Å². The van der Waals surface area contributed by atoms with Gasteiger partial charge in [-0.25, -0.2) is 4.98 Å². The Morgan fingerprint density at radius 3 is 2.92 bits per heavy atom. The second-order valence-electron chi connectivity index (χ2n) is 6.77. The number of aromatic nitrogens is 1. The van der Waals surface area contributed by atoms with E-state index >= 15 is 0 Å². The number of benzene rings is 1. The summed E-state index contributed by atoms with van der Waals surface area (Å²) in [5.74, 6) is 0.379. The molecule has 0 spiro atoms. The van der Waals surface area contributed by atoms with E-state index < -0.39 is 5.60 Å². The standard InChI is InChI=1S/C18H21NO3S2/c1-11(2)8-12-9-16(21)22-18(12,3)15(20)10-23-17-19-13-6-4-5-7-14(13)24-17/h4-7,11-12H,8-10H2,1-3H3/t12-,18-/m0/s1. The number of thiazole rings is 1. The van der Waals surface area contributed by atoms with Gasteiger partial charge in [0.1, 0.15) is 0 Å². The monoisotopic (exact) mass is 363 g/mol. The molecule has 1 saturated heterocycles.